The maximum atomic E-state index is 12.6. The van der Waals surface area contributed by atoms with E-state index >= 15 is 0 Å². The van der Waals surface area contributed by atoms with Crippen molar-refractivity contribution < 1.29 is 8.42 Å². The van der Waals surface area contributed by atoms with Crippen LogP contribution in [0.25, 0.3) is 5.65 Å². The Morgan fingerprint density at radius 1 is 1.24 bits per heavy atom. The number of nitrogens with zero attached hydrogens (tertiary/aromatic N) is 4. The molecule has 1 aliphatic heterocycles. The molecule has 21 heavy (non-hydrogen) atoms. The standard InChI is InChI=1S/C14H20N4O2S/c1-16(21(19,20)17-8-4-2-5-9-17)12-13-11-15-14-7-3-6-10-18(13)14/h3,6-7,10-11H,2,4-5,8-9,12H2,1H3. The van der Waals surface area contributed by atoms with Crippen LogP contribution in [0.2, 0.25) is 0 Å². The molecule has 1 saturated heterocycles. The van der Waals surface area contributed by atoms with Crippen LogP contribution in [0.15, 0.2) is 30.6 Å². The minimum atomic E-state index is -3.38. The average molecular weight is 308 g/mol. The fourth-order valence-corrected chi connectivity index (χ4v) is 4.11. The Kier molecular flexibility index (Phi) is 3.97. The molecule has 1 fully saturated rings. The van der Waals surface area contributed by atoms with Crippen LogP contribution in [0.3, 0.4) is 0 Å². The predicted molar refractivity (Wildman–Crippen MR) is 81.0 cm³/mol. The summed E-state index contributed by atoms with van der Waals surface area (Å²) in [7, 11) is -1.75. The van der Waals surface area contributed by atoms with Crippen molar-refractivity contribution >= 4 is 15.9 Å². The third kappa shape index (κ3) is 2.81. The number of piperidine rings is 1. The van der Waals surface area contributed by atoms with Crippen molar-refractivity contribution in [2.45, 2.75) is 25.8 Å². The zero-order valence-corrected chi connectivity index (χ0v) is 13.0. The maximum absolute atomic E-state index is 12.6. The van der Waals surface area contributed by atoms with Gasteiger partial charge in [-0.2, -0.15) is 17.0 Å². The van der Waals surface area contributed by atoms with E-state index in [1.165, 1.54) is 4.31 Å². The van der Waals surface area contributed by atoms with Gasteiger partial charge in [0.25, 0.3) is 10.2 Å². The molecule has 7 heteroatoms. The van der Waals surface area contributed by atoms with Crippen LogP contribution < -0.4 is 0 Å². The van der Waals surface area contributed by atoms with Gasteiger partial charge in [0.2, 0.25) is 0 Å². The molecule has 0 N–H and O–H groups in total. The predicted octanol–water partition coefficient (Wildman–Crippen LogP) is 1.50. The molecule has 114 valence electrons. The van der Waals surface area contributed by atoms with E-state index in [4.69, 9.17) is 0 Å². The minimum Gasteiger partial charge on any atom is -0.303 e. The summed E-state index contributed by atoms with van der Waals surface area (Å²) in [5, 5.41) is 0. The van der Waals surface area contributed by atoms with E-state index in [1.807, 2.05) is 28.8 Å². The van der Waals surface area contributed by atoms with Gasteiger partial charge in [-0.3, -0.25) is 0 Å². The van der Waals surface area contributed by atoms with E-state index in [0.717, 1.165) is 30.6 Å². The van der Waals surface area contributed by atoms with Crippen LogP contribution in [-0.2, 0) is 16.8 Å². The van der Waals surface area contributed by atoms with E-state index in [9.17, 15) is 8.42 Å². The number of imidazole rings is 1. The van der Waals surface area contributed by atoms with Gasteiger partial charge in [0, 0.05) is 26.3 Å². The zero-order chi connectivity index (χ0) is 14.9. The van der Waals surface area contributed by atoms with E-state index in [1.54, 1.807) is 17.5 Å². The smallest absolute Gasteiger partial charge is 0.282 e. The van der Waals surface area contributed by atoms with Gasteiger partial charge in [-0.1, -0.05) is 12.5 Å². The van der Waals surface area contributed by atoms with Gasteiger partial charge < -0.3 is 4.40 Å². The van der Waals surface area contributed by atoms with E-state index < -0.39 is 10.2 Å². The molecule has 0 spiro atoms. The first kappa shape index (κ1) is 14.5. The molecule has 0 radical (unpaired) electrons. The summed E-state index contributed by atoms with van der Waals surface area (Å²) in [6.45, 7) is 1.57. The van der Waals surface area contributed by atoms with Crippen molar-refractivity contribution in [3.63, 3.8) is 0 Å². The third-order valence-electron chi connectivity index (χ3n) is 3.91. The number of aromatic nitrogens is 2. The monoisotopic (exact) mass is 308 g/mol. The Morgan fingerprint density at radius 3 is 2.76 bits per heavy atom. The SMILES string of the molecule is CN(Cc1cnc2ccccn12)S(=O)(=O)N1CCCCC1. The fraction of sp³-hybridized carbons (Fsp3) is 0.500. The highest BCUT2D eigenvalue weighted by Crippen LogP contribution is 2.17. The average Bonchev–Trinajstić information content (AvgIpc) is 2.91. The molecule has 0 bridgehead atoms. The lowest BCUT2D eigenvalue weighted by Crippen LogP contribution is -2.44. The molecule has 2 aromatic heterocycles. The molecular formula is C14H20N4O2S. The van der Waals surface area contributed by atoms with Gasteiger partial charge in [-0.05, 0) is 25.0 Å². The summed E-state index contributed by atoms with van der Waals surface area (Å²) in [4.78, 5) is 4.29. The second-order valence-electron chi connectivity index (χ2n) is 5.40. The van der Waals surface area contributed by atoms with Crippen LogP contribution >= 0.6 is 0 Å². The summed E-state index contributed by atoms with van der Waals surface area (Å²) < 4.78 is 30.1. The molecule has 3 heterocycles. The number of hydrogen-bond acceptors (Lipinski definition) is 3. The van der Waals surface area contributed by atoms with Crippen LogP contribution in [0, 0.1) is 0 Å². The van der Waals surface area contributed by atoms with Gasteiger partial charge in [0.05, 0.1) is 18.4 Å². The summed E-state index contributed by atoms with van der Waals surface area (Å²) in [5.41, 5.74) is 1.70. The molecule has 3 rings (SSSR count). The Hall–Kier alpha value is -1.44. The van der Waals surface area contributed by atoms with Gasteiger partial charge in [-0.15, -0.1) is 0 Å². The molecule has 0 unspecified atom stereocenters. The number of fused-ring (bicyclic) bond motifs is 1. The van der Waals surface area contributed by atoms with Gasteiger partial charge in [0.15, 0.2) is 0 Å². The summed E-state index contributed by atoms with van der Waals surface area (Å²) in [5.74, 6) is 0. The Balaban J connectivity index is 1.80. The van der Waals surface area contributed by atoms with Gasteiger partial charge >= 0.3 is 0 Å². The number of hydrogen-bond donors (Lipinski definition) is 0. The molecule has 6 nitrogen and oxygen atoms in total. The first-order chi connectivity index (χ1) is 10.1. The van der Waals surface area contributed by atoms with Crippen molar-refractivity contribution in [2.75, 3.05) is 20.1 Å². The Morgan fingerprint density at radius 2 is 2.00 bits per heavy atom. The van der Waals surface area contributed by atoms with Crippen molar-refractivity contribution in [3.05, 3.63) is 36.3 Å². The summed E-state index contributed by atoms with van der Waals surface area (Å²) in [6.07, 6.45) is 6.64. The highest BCUT2D eigenvalue weighted by molar-refractivity contribution is 7.86. The Labute approximate surface area is 125 Å². The maximum Gasteiger partial charge on any atom is 0.282 e. The molecule has 0 aliphatic carbocycles. The number of pyridine rings is 1. The fourth-order valence-electron chi connectivity index (χ4n) is 2.70. The molecule has 0 saturated carbocycles. The molecular weight excluding hydrogens is 288 g/mol. The Bertz CT molecular complexity index is 719. The van der Waals surface area contributed by atoms with Crippen molar-refractivity contribution in [3.8, 4) is 0 Å². The van der Waals surface area contributed by atoms with Gasteiger partial charge in [0.1, 0.15) is 5.65 Å². The summed E-state index contributed by atoms with van der Waals surface area (Å²) >= 11 is 0. The number of rotatable bonds is 4. The van der Waals surface area contributed by atoms with Gasteiger partial charge in [-0.25, -0.2) is 4.98 Å². The normalized spacial score (nSPS) is 17.6. The first-order valence-corrected chi connectivity index (χ1v) is 8.61. The zero-order valence-electron chi connectivity index (χ0n) is 12.1. The van der Waals surface area contributed by atoms with E-state index in [-0.39, 0.29) is 0 Å². The van der Waals surface area contributed by atoms with Crippen LogP contribution in [0.1, 0.15) is 25.0 Å². The first-order valence-electron chi connectivity index (χ1n) is 7.21. The largest absolute Gasteiger partial charge is 0.303 e. The molecule has 1 aliphatic rings. The van der Waals surface area contributed by atoms with Crippen LogP contribution in [0.4, 0.5) is 0 Å². The van der Waals surface area contributed by atoms with Crippen LogP contribution in [0.5, 0.6) is 0 Å². The second-order valence-corrected chi connectivity index (χ2v) is 7.44. The molecule has 0 aromatic carbocycles. The van der Waals surface area contributed by atoms with E-state index in [0.29, 0.717) is 19.6 Å². The highest BCUT2D eigenvalue weighted by atomic mass is 32.2. The van der Waals surface area contributed by atoms with Crippen molar-refractivity contribution in [2.24, 2.45) is 0 Å². The molecule has 0 atom stereocenters. The van der Waals surface area contributed by atoms with Crippen LogP contribution in [-0.4, -0.2) is 46.6 Å². The van der Waals surface area contributed by atoms with E-state index in [2.05, 4.69) is 4.98 Å². The molecule has 0 amide bonds. The quantitative estimate of drug-likeness (QED) is 0.860. The lowest BCUT2D eigenvalue weighted by atomic mass is 10.2. The third-order valence-corrected chi connectivity index (χ3v) is 5.85. The highest BCUT2D eigenvalue weighted by Gasteiger charge is 2.28. The summed E-state index contributed by atoms with van der Waals surface area (Å²) in [6, 6.07) is 5.74. The molecule has 2 aromatic rings. The lowest BCUT2D eigenvalue weighted by Gasteiger charge is -2.30. The minimum absolute atomic E-state index is 0.323. The second kappa shape index (κ2) is 5.75. The lowest BCUT2D eigenvalue weighted by molar-refractivity contribution is 0.313. The van der Waals surface area contributed by atoms with Crippen molar-refractivity contribution in [1.29, 1.82) is 0 Å². The topological polar surface area (TPSA) is 57.9 Å². The van der Waals surface area contributed by atoms with Crippen molar-refractivity contribution in [1.82, 2.24) is 18.0 Å².